The largest absolute Gasteiger partial charge is 0.355 e. The summed E-state index contributed by atoms with van der Waals surface area (Å²) in [5.74, 6) is 1.40. The molecule has 1 aliphatic heterocycles. The Bertz CT molecular complexity index is 697. The molecule has 0 unspecified atom stereocenters. The highest BCUT2D eigenvalue weighted by atomic mass is 14.9. The smallest absolute Gasteiger partial charge is 0.0456 e. The van der Waals surface area contributed by atoms with Gasteiger partial charge in [0.05, 0.1) is 0 Å². The lowest BCUT2D eigenvalue weighted by Gasteiger charge is -2.39. The van der Waals surface area contributed by atoms with Crippen LogP contribution in [-0.4, -0.2) is 6.54 Å². The van der Waals surface area contributed by atoms with Gasteiger partial charge in [-0.1, -0.05) is 48.5 Å². The lowest BCUT2D eigenvalue weighted by Crippen LogP contribution is -2.33. The van der Waals surface area contributed by atoms with Gasteiger partial charge in [-0.2, -0.15) is 0 Å². The Balaban J connectivity index is 1.73. The zero-order valence-corrected chi connectivity index (χ0v) is 12.8. The molecule has 2 heteroatoms. The number of nitrogens with one attached hydrogen (secondary N) is 1. The number of benzene rings is 2. The second kappa shape index (κ2) is 5.62. The van der Waals surface area contributed by atoms with E-state index in [2.05, 4.69) is 59.9 Å². The maximum atomic E-state index is 5.82. The maximum absolute atomic E-state index is 5.82. The minimum absolute atomic E-state index is 0.685. The van der Waals surface area contributed by atoms with Gasteiger partial charge in [-0.05, 0) is 60.4 Å². The summed E-state index contributed by atoms with van der Waals surface area (Å²) in [5, 5.41) is 3.69. The summed E-state index contributed by atoms with van der Waals surface area (Å²) in [5.41, 5.74) is 12.7. The molecule has 1 fully saturated rings. The summed E-state index contributed by atoms with van der Waals surface area (Å²) in [7, 11) is 0. The van der Waals surface area contributed by atoms with Crippen molar-refractivity contribution in [3.8, 4) is 0 Å². The molecule has 0 aromatic heterocycles. The van der Waals surface area contributed by atoms with Crippen molar-refractivity contribution >= 4 is 11.4 Å². The minimum atomic E-state index is 0.685. The van der Waals surface area contributed by atoms with Crippen molar-refractivity contribution in [2.45, 2.75) is 19.3 Å². The van der Waals surface area contributed by atoms with Crippen LogP contribution in [0.25, 0.3) is 5.70 Å². The highest BCUT2D eigenvalue weighted by molar-refractivity contribution is 5.83. The Morgan fingerprint density at radius 3 is 2.45 bits per heavy atom. The van der Waals surface area contributed by atoms with Gasteiger partial charge >= 0.3 is 0 Å². The quantitative estimate of drug-likeness (QED) is 0.895. The van der Waals surface area contributed by atoms with Crippen LogP contribution in [0.5, 0.6) is 0 Å². The summed E-state index contributed by atoms with van der Waals surface area (Å²) in [6.45, 7) is 0.828. The number of para-hydroxylation sites is 1. The Hall–Kier alpha value is -2.06. The monoisotopic (exact) mass is 290 g/mol. The van der Waals surface area contributed by atoms with Gasteiger partial charge in [0.1, 0.15) is 0 Å². The molecular formula is C20H22N2. The molecule has 2 aromatic carbocycles. The van der Waals surface area contributed by atoms with Gasteiger partial charge in [-0.3, -0.25) is 0 Å². The second-order valence-corrected chi connectivity index (χ2v) is 6.50. The van der Waals surface area contributed by atoms with Crippen LogP contribution in [0.3, 0.4) is 0 Å². The topological polar surface area (TPSA) is 38.0 Å². The van der Waals surface area contributed by atoms with Crippen LogP contribution in [0.1, 0.15) is 24.0 Å². The van der Waals surface area contributed by atoms with E-state index in [9.17, 15) is 0 Å². The number of rotatable bonds is 3. The molecule has 1 heterocycles. The molecule has 112 valence electrons. The summed E-state index contributed by atoms with van der Waals surface area (Å²) < 4.78 is 0. The zero-order valence-electron chi connectivity index (χ0n) is 12.8. The van der Waals surface area contributed by atoms with Crippen LogP contribution in [-0.2, 0) is 6.42 Å². The average Bonchev–Trinajstić information content (AvgIpc) is 2.54. The molecule has 2 aromatic rings. The molecule has 0 spiro atoms. The van der Waals surface area contributed by atoms with E-state index in [0.717, 1.165) is 13.0 Å². The lowest BCUT2D eigenvalue weighted by molar-refractivity contribution is 0.233. The number of hydrogen-bond acceptors (Lipinski definition) is 2. The number of anilines is 1. The van der Waals surface area contributed by atoms with Gasteiger partial charge in [0.2, 0.25) is 0 Å². The van der Waals surface area contributed by atoms with Gasteiger partial charge < -0.3 is 11.1 Å². The van der Waals surface area contributed by atoms with Crippen molar-refractivity contribution in [1.29, 1.82) is 0 Å². The Labute approximate surface area is 132 Å². The third kappa shape index (κ3) is 2.34. The van der Waals surface area contributed by atoms with E-state index in [1.165, 1.54) is 35.4 Å². The molecule has 0 bridgehead atoms. The van der Waals surface area contributed by atoms with Crippen molar-refractivity contribution in [1.82, 2.24) is 0 Å². The fraction of sp³-hybridized carbons (Fsp3) is 0.300. The van der Waals surface area contributed by atoms with E-state index in [0.29, 0.717) is 11.8 Å². The standard InChI is InChI=1S/C20H22N2/c21-13-14-10-17(11-14)18-12-16-8-4-5-9-19(16)22-20(18)15-6-2-1-3-7-15/h1-9,14,17,22H,10-13,21H2. The molecule has 0 saturated heterocycles. The van der Waals surface area contributed by atoms with Crippen molar-refractivity contribution in [2.75, 3.05) is 11.9 Å². The number of nitrogens with two attached hydrogens (primary N) is 1. The van der Waals surface area contributed by atoms with Crippen LogP contribution < -0.4 is 11.1 Å². The van der Waals surface area contributed by atoms with Gasteiger partial charge in [0, 0.05) is 11.4 Å². The average molecular weight is 290 g/mol. The molecule has 22 heavy (non-hydrogen) atoms. The third-order valence-electron chi connectivity index (χ3n) is 5.10. The van der Waals surface area contributed by atoms with Crippen molar-refractivity contribution in [2.24, 2.45) is 17.6 Å². The van der Waals surface area contributed by atoms with Crippen molar-refractivity contribution in [3.63, 3.8) is 0 Å². The fourth-order valence-electron chi connectivity index (χ4n) is 3.73. The molecule has 1 aliphatic carbocycles. The molecule has 2 aliphatic rings. The highest BCUT2D eigenvalue weighted by Crippen LogP contribution is 2.45. The normalized spacial score (nSPS) is 23.5. The van der Waals surface area contributed by atoms with Crippen molar-refractivity contribution < 1.29 is 0 Å². The summed E-state index contributed by atoms with van der Waals surface area (Å²) >= 11 is 0. The first kappa shape index (κ1) is 13.6. The SMILES string of the molecule is NCC1CC(C2=C(c3ccccc3)Nc3ccccc3C2)C1. The van der Waals surface area contributed by atoms with Crippen LogP contribution >= 0.6 is 0 Å². The van der Waals surface area contributed by atoms with E-state index < -0.39 is 0 Å². The maximum Gasteiger partial charge on any atom is 0.0456 e. The van der Waals surface area contributed by atoms with E-state index in [1.54, 1.807) is 5.57 Å². The summed E-state index contributed by atoms with van der Waals surface area (Å²) in [6, 6.07) is 19.4. The highest BCUT2D eigenvalue weighted by Gasteiger charge is 2.34. The predicted molar refractivity (Wildman–Crippen MR) is 92.4 cm³/mol. The number of hydrogen-bond donors (Lipinski definition) is 2. The summed E-state index contributed by atoms with van der Waals surface area (Å²) in [4.78, 5) is 0. The van der Waals surface area contributed by atoms with Gasteiger partial charge in [0.25, 0.3) is 0 Å². The van der Waals surface area contributed by atoms with Gasteiger partial charge in [0.15, 0.2) is 0 Å². The second-order valence-electron chi connectivity index (χ2n) is 6.50. The first-order valence-corrected chi connectivity index (χ1v) is 8.18. The van der Waals surface area contributed by atoms with Crippen molar-refractivity contribution in [3.05, 3.63) is 71.3 Å². The predicted octanol–water partition coefficient (Wildman–Crippen LogP) is 4.05. The Morgan fingerprint density at radius 2 is 1.68 bits per heavy atom. The molecule has 3 N–H and O–H groups in total. The number of allylic oxidation sites excluding steroid dienone is 1. The third-order valence-corrected chi connectivity index (χ3v) is 5.10. The van der Waals surface area contributed by atoms with E-state index in [-0.39, 0.29) is 0 Å². The van der Waals surface area contributed by atoms with Crippen LogP contribution in [0.4, 0.5) is 5.69 Å². The zero-order chi connectivity index (χ0) is 14.9. The van der Waals surface area contributed by atoms with E-state index in [4.69, 9.17) is 5.73 Å². The minimum Gasteiger partial charge on any atom is -0.355 e. The summed E-state index contributed by atoms with van der Waals surface area (Å²) in [6.07, 6.45) is 3.55. The van der Waals surface area contributed by atoms with Crippen LogP contribution in [0.15, 0.2) is 60.2 Å². The molecule has 4 rings (SSSR count). The molecule has 0 amide bonds. The first-order chi connectivity index (χ1) is 10.8. The van der Waals surface area contributed by atoms with Crippen LogP contribution in [0.2, 0.25) is 0 Å². The van der Waals surface area contributed by atoms with Gasteiger partial charge in [-0.25, -0.2) is 0 Å². The Morgan fingerprint density at radius 1 is 0.955 bits per heavy atom. The molecular weight excluding hydrogens is 268 g/mol. The molecule has 0 radical (unpaired) electrons. The fourth-order valence-corrected chi connectivity index (χ4v) is 3.73. The van der Waals surface area contributed by atoms with E-state index >= 15 is 0 Å². The molecule has 0 atom stereocenters. The Kier molecular flexibility index (Phi) is 3.47. The first-order valence-electron chi connectivity index (χ1n) is 8.18. The molecule has 2 nitrogen and oxygen atoms in total. The van der Waals surface area contributed by atoms with Crippen LogP contribution in [0, 0.1) is 11.8 Å². The lowest BCUT2D eigenvalue weighted by atomic mass is 9.68. The number of fused-ring (bicyclic) bond motifs is 1. The van der Waals surface area contributed by atoms with Gasteiger partial charge in [-0.15, -0.1) is 0 Å². The van der Waals surface area contributed by atoms with E-state index in [1.807, 2.05) is 0 Å². The molecule has 1 saturated carbocycles.